The van der Waals surface area contributed by atoms with Gasteiger partial charge >= 0.3 is 0 Å². The summed E-state index contributed by atoms with van der Waals surface area (Å²) in [5, 5.41) is 2.97. The van der Waals surface area contributed by atoms with Crippen LogP contribution < -0.4 is 5.32 Å². The van der Waals surface area contributed by atoms with Gasteiger partial charge in [-0.2, -0.15) is 0 Å². The molecule has 0 heterocycles. The van der Waals surface area contributed by atoms with Crippen LogP contribution in [0.25, 0.3) is 0 Å². The van der Waals surface area contributed by atoms with Crippen LogP contribution in [-0.2, 0) is 0 Å². The Morgan fingerprint density at radius 1 is 1.29 bits per heavy atom. The van der Waals surface area contributed by atoms with Crippen LogP contribution in [0.15, 0.2) is 18.2 Å². The molecule has 0 unspecified atom stereocenters. The molecular formula is C13H15ClFNO. The maximum atomic E-state index is 13.2. The van der Waals surface area contributed by atoms with Crippen LogP contribution in [0.4, 0.5) is 4.39 Å². The fraction of sp³-hybridized carbons (Fsp3) is 0.462. The summed E-state index contributed by atoms with van der Waals surface area (Å²) in [6, 6.07) is 4.37. The number of rotatable bonds is 2. The molecule has 1 aromatic carbocycles. The van der Waals surface area contributed by atoms with E-state index in [2.05, 4.69) is 5.32 Å². The van der Waals surface area contributed by atoms with Crippen molar-refractivity contribution < 1.29 is 9.18 Å². The van der Waals surface area contributed by atoms with Crippen LogP contribution in [0.5, 0.6) is 0 Å². The first-order valence-corrected chi connectivity index (χ1v) is 6.30. The average Bonchev–Trinajstić information content (AvgIpc) is 2.34. The van der Waals surface area contributed by atoms with E-state index in [0.717, 1.165) is 25.7 Å². The van der Waals surface area contributed by atoms with Gasteiger partial charge < -0.3 is 5.32 Å². The van der Waals surface area contributed by atoms with E-state index in [4.69, 9.17) is 11.6 Å². The maximum absolute atomic E-state index is 13.2. The Bertz CT molecular complexity index is 416. The first-order valence-electron chi connectivity index (χ1n) is 5.93. The molecule has 1 saturated carbocycles. The Morgan fingerprint density at radius 3 is 2.65 bits per heavy atom. The van der Waals surface area contributed by atoms with Crippen molar-refractivity contribution in [2.24, 2.45) is 0 Å². The van der Waals surface area contributed by atoms with Crippen molar-refractivity contribution in [3.8, 4) is 0 Å². The molecule has 17 heavy (non-hydrogen) atoms. The molecule has 0 bridgehead atoms. The summed E-state index contributed by atoms with van der Waals surface area (Å²) < 4.78 is 13.2. The monoisotopic (exact) mass is 255 g/mol. The molecular weight excluding hydrogens is 241 g/mol. The molecule has 1 aliphatic rings. The van der Waals surface area contributed by atoms with Gasteiger partial charge in [-0.3, -0.25) is 4.79 Å². The average molecular weight is 256 g/mol. The van der Waals surface area contributed by atoms with Gasteiger partial charge in [0.05, 0.1) is 5.02 Å². The van der Waals surface area contributed by atoms with Crippen molar-refractivity contribution in [2.75, 3.05) is 0 Å². The first kappa shape index (κ1) is 12.4. The lowest BCUT2D eigenvalue weighted by Gasteiger charge is -2.22. The van der Waals surface area contributed by atoms with E-state index in [1.165, 1.54) is 18.6 Å². The molecule has 1 N–H and O–H groups in total. The molecule has 0 atom stereocenters. The number of carbonyl (C=O) groups is 1. The summed E-state index contributed by atoms with van der Waals surface area (Å²) in [5.41, 5.74) is 0.331. The standard InChI is InChI=1S/C13H15ClFNO/c14-11-7-6-9(8-12(11)15)13(17)16-10-4-2-1-3-5-10/h6-8,10H,1-5H2,(H,16,17). The minimum Gasteiger partial charge on any atom is -0.349 e. The highest BCUT2D eigenvalue weighted by Crippen LogP contribution is 2.19. The highest BCUT2D eigenvalue weighted by atomic mass is 35.5. The second kappa shape index (κ2) is 5.50. The van der Waals surface area contributed by atoms with Gasteiger partial charge in [0, 0.05) is 11.6 Å². The van der Waals surface area contributed by atoms with Crippen LogP contribution in [-0.4, -0.2) is 11.9 Å². The Balaban J connectivity index is 2.01. The van der Waals surface area contributed by atoms with Gasteiger partial charge in [-0.25, -0.2) is 4.39 Å². The van der Waals surface area contributed by atoms with Gasteiger partial charge in [0.2, 0.25) is 0 Å². The Labute approximate surface area is 105 Å². The third kappa shape index (κ3) is 3.19. The van der Waals surface area contributed by atoms with Crippen molar-refractivity contribution >= 4 is 17.5 Å². The molecule has 1 aromatic rings. The van der Waals surface area contributed by atoms with Gasteiger partial charge in [-0.15, -0.1) is 0 Å². The van der Waals surface area contributed by atoms with Gasteiger partial charge in [0.1, 0.15) is 5.82 Å². The van der Waals surface area contributed by atoms with Gasteiger partial charge in [-0.05, 0) is 31.0 Å². The minimum absolute atomic E-state index is 0.0409. The third-order valence-corrected chi connectivity index (χ3v) is 3.43. The van der Waals surface area contributed by atoms with Crippen molar-refractivity contribution in [1.29, 1.82) is 0 Å². The predicted octanol–water partition coefficient (Wildman–Crippen LogP) is 3.54. The van der Waals surface area contributed by atoms with Gasteiger partial charge in [-0.1, -0.05) is 30.9 Å². The zero-order valence-electron chi connectivity index (χ0n) is 9.51. The molecule has 0 radical (unpaired) electrons. The molecule has 0 spiro atoms. The number of hydrogen-bond donors (Lipinski definition) is 1. The van der Waals surface area contributed by atoms with E-state index in [1.54, 1.807) is 6.07 Å². The number of benzene rings is 1. The smallest absolute Gasteiger partial charge is 0.251 e. The summed E-state index contributed by atoms with van der Waals surface area (Å²) in [5.74, 6) is -0.768. The quantitative estimate of drug-likeness (QED) is 0.860. The lowest BCUT2D eigenvalue weighted by molar-refractivity contribution is 0.0927. The van der Waals surface area contributed by atoms with Crippen molar-refractivity contribution in [3.63, 3.8) is 0 Å². The largest absolute Gasteiger partial charge is 0.349 e. The SMILES string of the molecule is O=C(NC1CCCCC1)c1ccc(Cl)c(F)c1. The summed E-state index contributed by atoms with van der Waals surface area (Å²) in [7, 11) is 0. The lowest BCUT2D eigenvalue weighted by atomic mass is 9.95. The van der Waals surface area contributed by atoms with Crippen LogP contribution in [0.3, 0.4) is 0 Å². The van der Waals surface area contributed by atoms with Crippen LogP contribution in [0.2, 0.25) is 5.02 Å². The van der Waals surface area contributed by atoms with Crippen molar-refractivity contribution in [2.45, 2.75) is 38.1 Å². The Hall–Kier alpha value is -1.09. The molecule has 1 amide bonds. The van der Waals surface area contributed by atoms with E-state index in [9.17, 15) is 9.18 Å². The lowest BCUT2D eigenvalue weighted by Crippen LogP contribution is -2.36. The highest BCUT2D eigenvalue weighted by molar-refractivity contribution is 6.30. The van der Waals surface area contributed by atoms with Gasteiger partial charge in [0.25, 0.3) is 5.91 Å². The number of carbonyl (C=O) groups excluding carboxylic acids is 1. The van der Waals surface area contributed by atoms with Crippen LogP contribution in [0, 0.1) is 5.82 Å². The van der Waals surface area contributed by atoms with Crippen LogP contribution in [0.1, 0.15) is 42.5 Å². The Morgan fingerprint density at radius 2 is 2.00 bits per heavy atom. The van der Waals surface area contributed by atoms with E-state index in [1.807, 2.05) is 0 Å². The first-order chi connectivity index (χ1) is 8.16. The molecule has 0 saturated heterocycles. The molecule has 2 rings (SSSR count). The third-order valence-electron chi connectivity index (χ3n) is 3.12. The second-order valence-electron chi connectivity index (χ2n) is 4.44. The topological polar surface area (TPSA) is 29.1 Å². The molecule has 0 aromatic heterocycles. The molecule has 4 heteroatoms. The predicted molar refractivity (Wildman–Crippen MR) is 65.7 cm³/mol. The minimum atomic E-state index is -0.553. The molecule has 92 valence electrons. The fourth-order valence-electron chi connectivity index (χ4n) is 2.15. The summed E-state index contributed by atoms with van der Waals surface area (Å²) in [6.45, 7) is 0. The maximum Gasteiger partial charge on any atom is 0.251 e. The Kier molecular flexibility index (Phi) is 4.00. The second-order valence-corrected chi connectivity index (χ2v) is 4.84. The number of amides is 1. The van der Waals surface area contributed by atoms with Crippen molar-refractivity contribution in [1.82, 2.24) is 5.32 Å². The number of nitrogens with one attached hydrogen (secondary N) is 1. The summed E-state index contributed by atoms with van der Waals surface area (Å²) in [6.07, 6.45) is 5.57. The van der Waals surface area contributed by atoms with E-state index in [-0.39, 0.29) is 17.0 Å². The van der Waals surface area contributed by atoms with E-state index in [0.29, 0.717) is 5.56 Å². The molecule has 2 nitrogen and oxygen atoms in total. The zero-order valence-corrected chi connectivity index (χ0v) is 10.3. The summed E-state index contributed by atoms with van der Waals surface area (Å²) in [4.78, 5) is 11.9. The highest BCUT2D eigenvalue weighted by Gasteiger charge is 2.17. The normalized spacial score (nSPS) is 16.8. The van der Waals surface area contributed by atoms with Crippen molar-refractivity contribution in [3.05, 3.63) is 34.6 Å². The molecule has 1 aliphatic carbocycles. The number of hydrogen-bond acceptors (Lipinski definition) is 1. The van der Waals surface area contributed by atoms with E-state index < -0.39 is 5.82 Å². The molecule has 1 fully saturated rings. The number of halogens is 2. The summed E-state index contributed by atoms with van der Waals surface area (Å²) >= 11 is 5.57. The van der Waals surface area contributed by atoms with Gasteiger partial charge in [0.15, 0.2) is 0 Å². The fourth-order valence-corrected chi connectivity index (χ4v) is 2.27. The zero-order chi connectivity index (χ0) is 12.3. The van der Waals surface area contributed by atoms with E-state index >= 15 is 0 Å². The molecule has 0 aliphatic heterocycles. The van der Waals surface area contributed by atoms with Crippen LogP contribution >= 0.6 is 11.6 Å².